The molecule has 220 valence electrons. The Labute approximate surface area is 273 Å². The number of fused-ring (bicyclic) bond motifs is 4. The van der Waals surface area contributed by atoms with E-state index >= 15 is 0 Å². The van der Waals surface area contributed by atoms with E-state index in [1.807, 2.05) is 42.5 Å². The first-order chi connectivity index (χ1) is 23.3. The van der Waals surface area contributed by atoms with Gasteiger partial charge in [0.2, 0.25) is 0 Å². The summed E-state index contributed by atoms with van der Waals surface area (Å²) in [6.07, 6.45) is 0. The van der Waals surface area contributed by atoms with Gasteiger partial charge in [-0.15, -0.1) is 0 Å². The van der Waals surface area contributed by atoms with Gasteiger partial charge in [0, 0.05) is 27.6 Å². The average Bonchev–Trinajstić information content (AvgIpc) is 3.49. The van der Waals surface area contributed by atoms with Crippen LogP contribution < -0.4 is 0 Å². The molecule has 0 N–H and O–H groups in total. The standard InChI is InChI=1S/C44H29N3/c1-3-12-30(13-4-1)33-16-11-17-34(28-33)35-24-27-42-38(29-35)37-18-7-10-21-41(37)47(42)36-25-22-32(23-26-36)44-43(31-14-5-2-6-15-31)45-39-19-8-9-20-40(39)46-44/h1-29H. The molecule has 0 aliphatic rings. The van der Waals surface area contributed by atoms with E-state index in [-0.39, 0.29) is 0 Å². The quantitative estimate of drug-likeness (QED) is 0.197. The molecular weight excluding hydrogens is 571 g/mol. The molecule has 9 rings (SSSR count). The third kappa shape index (κ3) is 4.77. The molecule has 0 spiro atoms. The van der Waals surface area contributed by atoms with Crippen LogP contribution in [0, 0.1) is 0 Å². The molecule has 0 fully saturated rings. The fraction of sp³-hybridized carbons (Fsp3) is 0. The SMILES string of the molecule is c1ccc(-c2cccc(-c3ccc4c(c3)c3ccccc3n4-c3ccc(-c4nc5ccccc5nc4-c4ccccc4)cc3)c2)cc1. The number of hydrogen-bond donors (Lipinski definition) is 0. The van der Waals surface area contributed by atoms with E-state index in [1.54, 1.807) is 0 Å². The van der Waals surface area contributed by atoms with E-state index in [9.17, 15) is 0 Å². The van der Waals surface area contributed by atoms with Gasteiger partial charge < -0.3 is 4.57 Å². The van der Waals surface area contributed by atoms with Crippen molar-refractivity contribution in [3.05, 3.63) is 176 Å². The second-order valence-corrected chi connectivity index (χ2v) is 11.9. The minimum atomic E-state index is 0.881. The minimum Gasteiger partial charge on any atom is -0.309 e. The topological polar surface area (TPSA) is 30.7 Å². The van der Waals surface area contributed by atoms with Crippen LogP contribution in [0.4, 0.5) is 0 Å². The van der Waals surface area contributed by atoms with Gasteiger partial charge >= 0.3 is 0 Å². The molecule has 3 nitrogen and oxygen atoms in total. The molecule has 0 aliphatic carbocycles. The van der Waals surface area contributed by atoms with Gasteiger partial charge in [-0.2, -0.15) is 0 Å². The molecule has 7 aromatic carbocycles. The summed E-state index contributed by atoms with van der Waals surface area (Å²) in [5, 5.41) is 2.47. The van der Waals surface area contributed by atoms with Crippen molar-refractivity contribution in [3.63, 3.8) is 0 Å². The molecule has 0 unspecified atom stereocenters. The Kier molecular flexibility index (Phi) is 6.46. The van der Waals surface area contributed by atoms with E-state index in [4.69, 9.17) is 9.97 Å². The number of rotatable bonds is 5. The predicted molar refractivity (Wildman–Crippen MR) is 196 cm³/mol. The average molecular weight is 600 g/mol. The number of hydrogen-bond acceptors (Lipinski definition) is 2. The van der Waals surface area contributed by atoms with Crippen molar-refractivity contribution in [1.82, 2.24) is 14.5 Å². The molecule has 0 radical (unpaired) electrons. The summed E-state index contributed by atoms with van der Waals surface area (Å²) >= 11 is 0. The lowest BCUT2D eigenvalue weighted by atomic mass is 9.98. The Morgan fingerprint density at radius 3 is 1.51 bits per heavy atom. The fourth-order valence-corrected chi connectivity index (χ4v) is 6.71. The third-order valence-electron chi connectivity index (χ3n) is 8.99. The molecule has 0 atom stereocenters. The van der Waals surface area contributed by atoms with E-state index < -0.39 is 0 Å². The van der Waals surface area contributed by atoms with Gasteiger partial charge in [-0.3, -0.25) is 0 Å². The second kappa shape index (κ2) is 11.2. The van der Waals surface area contributed by atoms with Crippen LogP contribution in [0.15, 0.2) is 176 Å². The fourth-order valence-electron chi connectivity index (χ4n) is 6.71. The molecule has 9 aromatic rings. The number of para-hydroxylation sites is 3. The molecule has 2 aromatic heterocycles. The molecule has 2 heterocycles. The highest BCUT2D eigenvalue weighted by Crippen LogP contribution is 2.37. The zero-order chi connectivity index (χ0) is 31.2. The molecule has 0 bridgehead atoms. The summed E-state index contributed by atoms with van der Waals surface area (Å²) in [4.78, 5) is 10.2. The highest BCUT2D eigenvalue weighted by molar-refractivity contribution is 6.10. The van der Waals surface area contributed by atoms with Crippen LogP contribution in [0.5, 0.6) is 0 Å². The number of benzene rings is 7. The lowest BCUT2D eigenvalue weighted by Crippen LogP contribution is -1.97. The zero-order valence-corrected chi connectivity index (χ0v) is 25.6. The van der Waals surface area contributed by atoms with Gasteiger partial charge in [0.15, 0.2) is 0 Å². The Morgan fingerprint density at radius 2 is 0.809 bits per heavy atom. The summed E-state index contributed by atoms with van der Waals surface area (Å²) in [5.41, 5.74) is 14.0. The normalized spacial score (nSPS) is 11.4. The van der Waals surface area contributed by atoms with Crippen LogP contribution in [0.2, 0.25) is 0 Å². The van der Waals surface area contributed by atoms with Crippen molar-refractivity contribution in [2.45, 2.75) is 0 Å². The molecular formula is C44H29N3. The van der Waals surface area contributed by atoms with E-state index in [0.29, 0.717) is 0 Å². The summed E-state index contributed by atoms with van der Waals surface area (Å²) in [5.74, 6) is 0. The maximum atomic E-state index is 5.11. The third-order valence-corrected chi connectivity index (χ3v) is 8.99. The van der Waals surface area contributed by atoms with Crippen LogP contribution in [0.25, 0.3) is 83.3 Å². The minimum absolute atomic E-state index is 0.881. The summed E-state index contributed by atoms with van der Waals surface area (Å²) < 4.78 is 2.36. The van der Waals surface area contributed by atoms with Crippen LogP contribution in [-0.2, 0) is 0 Å². The van der Waals surface area contributed by atoms with Crippen molar-refractivity contribution in [1.29, 1.82) is 0 Å². The predicted octanol–water partition coefficient (Wildman–Crippen LogP) is 11.4. The van der Waals surface area contributed by atoms with Crippen molar-refractivity contribution >= 4 is 32.8 Å². The van der Waals surface area contributed by atoms with Gasteiger partial charge in [0.05, 0.1) is 33.5 Å². The van der Waals surface area contributed by atoms with Crippen molar-refractivity contribution in [2.75, 3.05) is 0 Å². The lowest BCUT2D eigenvalue weighted by Gasteiger charge is -2.12. The summed E-state index contributed by atoms with van der Waals surface area (Å²) in [6.45, 7) is 0. The molecule has 0 saturated heterocycles. The first-order valence-electron chi connectivity index (χ1n) is 15.9. The largest absolute Gasteiger partial charge is 0.309 e. The van der Waals surface area contributed by atoms with Crippen LogP contribution in [0.1, 0.15) is 0 Å². The lowest BCUT2D eigenvalue weighted by molar-refractivity contribution is 1.18. The van der Waals surface area contributed by atoms with Gasteiger partial charge in [0.25, 0.3) is 0 Å². The highest BCUT2D eigenvalue weighted by atomic mass is 15.0. The van der Waals surface area contributed by atoms with Gasteiger partial charge in [-0.25, -0.2) is 9.97 Å². The van der Waals surface area contributed by atoms with Crippen molar-refractivity contribution < 1.29 is 0 Å². The molecule has 0 amide bonds. The number of nitrogens with zero attached hydrogens (tertiary/aromatic N) is 3. The Morgan fingerprint density at radius 1 is 0.319 bits per heavy atom. The Bertz CT molecular complexity index is 2550. The Balaban J connectivity index is 1.16. The molecule has 47 heavy (non-hydrogen) atoms. The van der Waals surface area contributed by atoms with E-state index in [1.165, 1.54) is 44.1 Å². The van der Waals surface area contributed by atoms with Crippen molar-refractivity contribution in [3.8, 4) is 50.5 Å². The first kappa shape index (κ1) is 27.0. The number of aromatic nitrogens is 3. The summed E-state index contributed by atoms with van der Waals surface area (Å²) in [7, 11) is 0. The smallest absolute Gasteiger partial charge is 0.0973 e. The van der Waals surface area contributed by atoms with Crippen molar-refractivity contribution in [2.24, 2.45) is 0 Å². The Hall–Kier alpha value is -6.32. The highest BCUT2D eigenvalue weighted by Gasteiger charge is 2.16. The molecule has 0 aliphatic heterocycles. The van der Waals surface area contributed by atoms with Gasteiger partial charge in [-0.05, 0) is 70.8 Å². The molecule has 3 heteroatoms. The second-order valence-electron chi connectivity index (χ2n) is 11.9. The van der Waals surface area contributed by atoms with E-state index in [2.05, 4.69) is 138 Å². The van der Waals surface area contributed by atoms with Gasteiger partial charge in [-0.1, -0.05) is 127 Å². The zero-order valence-electron chi connectivity index (χ0n) is 25.6. The van der Waals surface area contributed by atoms with Crippen LogP contribution >= 0.6 is 0 Å². The van der Waals surface area contributed by atoms with Crippen LogP contribution in [0.3, 0.4) is 0 Å². The van der Waals surface area contributed by atoms with Crippen LogP contribution in [-0.4, -0.2) is 14.5 Å². The molecule has 0 saturated carbocycles. The maximum Gasteiger partial charge on any atom is 0.0973 e. The first-order valence-corrected chi connectivity index (χ1v) is 15.9. The maximum absolute atomic E-state index is 5.11. The van der Waals surface area contributed by atoms with E-state index in [0.717, 1.165) is 39.2 Å². The summed E-state index contributed by atoms with van der Waals surface area (Å²) in [6, 6.07) is 62.0. The van der Waals surface area contributed by atoms with Gasteiger partial charge in [0.1, 0.15) is 0 Å². The monoisotopic (exact) mass is 599 g/mol.